The third-order valence-electron chi connectivity index (χ3n) is 5.57. The molecule has 1 aliphatic rings. The first kappa shape index (κ1) is 23.0. The van der Waals surface area contributed by atoms with Gasteiger partial charge in [0, 0.05) is 18.0 Å². The van der Waals surface area contributed by atoms with E-state index in [9.17, 15) is 14.0 Å². The molecule has 0 bridgehead atoms. The molecule has 1 aromatic carbocycles. The van der Waals surface area contributed by atoms with Crippen LogP contribution < -0.4 is 4.74 Å². The third-order valence-corrected chi connectivity index (χ3v) is 6.56. The van der Waals surface area contributed by atoms with E-state index in [-0.39, 0.29) is 48.5 Å². The van der Waals surface area contributed by atoms with Crippen molar-refractivity contribution in [2.75, 3.05) is 26.2 Å². The largest absolute Gasteiger partial charge is 0.491 e. The molecule has 174 valence electrons. The monoisotopic (exact) mass is 470 g/mol. The number of ether oxygens (including phenoxy) is 1. The number of thiophene rings is 1. The molecule has 3 heterocycles. The minimum absolute atomic E-state index is 0.0375. The lowest BCUT2D eigenvalue weighted by Crippen LogP contribution is -2.48. The topological polar surface area (TPSA) is 63.0 Å². The standard InChI is InChI=1S/C25H27FN2O4S/c1-17(2)14-27(25(30)22-4-3-12-31-22)15-24(29)28-11-9-23-20(10-13-33-23)21(28)16-32-19-7-5-18(26)6-8-19/h3-8,10,12-13,17,21H,9,11,14-16H2,1-2H3/t21-/m1/s1. The summed E-state index contributed by atoms with van der Waals surface area (Å²) in [5.74, 6) is 0.191. The van der Waals surface area contributed by atoms with Gasteiger partial charge in [0.05, 0.1) is 12.3 Å². The molecule has 0 fully saturated rings. The Morgan fingerprint density at radius 1 is 1.24 bits per heavy atom. The van der Waals surface area contributed by atoms with Crippen LogP contribution in [0.3, 0.4) is 0 Å². The van der Waals surface area contributed by atoms with E-state index in [4.69, 9.17) is 9.15 Å². The van der Waals surface area contributed by atoms with Gasteiger partial charge in [-0.05, 0) is 65.7 Å². The van der Waals surface area contributed by atoms with E-state index in [0.717, 1.165) is 12.0 Å². The van der Waals surface area contributed by atoms with Gasteiger partial charge in [-0.3, -0.25) is 9.59 Å². The van der Waals surface area contributed by atoms with Gasteiger partial charge in [-0.15, -0.1) is 11.3 Å². The van der Waals surface area contributed by atoms with Crippen molar-refractivity contribution in [3.63, 3.8) is 0 Å². The van der Waals surface area contributed by atoms with Crippen molar-refractivity contribution in [2.24, 2.45) is 5.92 Å². The van der Waals surface area contributed by atoms with Crippen molar-refractivity contribution in [3.05, 3.63) is 76.1 Å². The average molecular weight is 471 g/mol. The highest BCUT2D eigenvalue weighted by molar-refractivity contribution is 7.10. The Bertz CT molecular complexity index is 1080. The molecular weight excluding hydrogens is 443 g/mol. The van der Waals surface area contributed by atoms with Crippen LogP contribution in [0.1, 0.15) is 40.9 Å². The maximum atomic E-state index is 13.5. The second-order valence-corrected chi connectivity index (χ2v) is 9.47. The number of fused-ring (bicyclic) bond motifs is 1. The fraction of sp³-hybridized carbons (Fsp3) is 0.360. The second kappa shape index (κ2) is 10.2. The summed E-state index contributed by atoms with van der Waals surface area (Å²) in [4.78, 5) is 31.0. The smallest absolute Gasteiger partial charge is 0.290 e. The van der Waals surface area contributed by atoms with Crippen LogP contribution in [0.2, 0.25) is 0 Å². The van der Waals surface area contributed by atoms with Gasteiger partial charge >= 0.3 is 0 Å². The van der Waals surface area contributed by atoms with E-state index in [1.165, 1.54) is 23.3 Å². The molecule has 6 nitrogen and oxygen atoms in total. The predicted molar refractivity (Wildman–Crippen MR) is 124 cm³/mol. The Morgan fingerprint density at radius 2 is 2.03 bits per heavy atom. The van der Waals surface area contributed by atoms with E-state index in [2.05, 4.69) is 0 Å². The number of hydrogen-bond donors (Lipinski definition) is 0. The maximum Gasteiger partial charge on any atom is 0.290 e. The van der Waals surface area contributed by atoms with Gasteiger partial charge in [-0.25, -0.2) is 4.39 Å². The molecule has 1 aliphatic heterocycles. The molecule has 0 radical (unpaired) electrons. The molecule has 33 heavy (non-hydrogen) atoms. The van der Waals surface area contributed by atoms with E-state index in [0.29, 0.717) is 18.8 Å². The number of amides is 2. The van der Waals surface area contributed by atoms with Crippen molar-refractivity contribution in [1.82, 2.24) is 9.80 Å². The highest BCUT2D eigenvalue weighted by atomic mass is 32.1. The number of carbonyl (C=O) groups is 2. The van der Waals surface area contributed by atoms with Crippen molar-refractivity contribution in [3.8, 4) is 5.75 Å². The first-order valence-corrected chi connectivity index (χ1v) is 11.9. The van der Waals surface area contributed by atoms with E-state index in [1.54, 1.807) is 45.4 Å². The summed E-state index contributed by atoms with van der Waals surface area (Å²) in [6, 6.07) is 10.9. The molecule has 3 aromatic rings. The molecule has 1 atom stereocenters. The number of hydrogen-bond acceptors (Lipinski definition) is 5. The van der Waals surface area contributed by atoms with Gasteiger partial charge in [0.2, 0.25) is 5.91 Å². The minimum Gasteiger partial charge on any atom is -0.491 e. The summed E-state index contributed by atoms with van der Waals surface area (Å²) in [5, 5.41) is 2.02. The molecule has 0 N–H and O–H groups in total. The first-order chi connectivity index (χ1) is 15.9. The predicted octanol–water partition coefficient (Wildman–Crippen LogP) is 4.78. The number of rotatable bonds is 8. The molecule has 0 aliphatic carbocycles. The lowest BCUT2D eigenvalue weighted by molar-refractivity contribution is -0.135. The first-order valence-electron chi connectivity index (χ1n) is 11.0. The van der Waals surface area contributed by atoms with Crippen LogP contribution in [0, 0.1) is 11.7 Å². The Kier molecular flexibility index (Phi) is 7.13. The number of benzene rings is 1. The normalized spacial score (nSPS) is 15.4. The van der Waals surface area contributed by atoms with Crippen molar-refractivity contribution >= 4 is 23.2 Å². The highest BCUT2D eigenvalue weighted by Gasteiger charge is 2.34. The zero-order valence-corrected chi connectivity index (χ0v) is 19.5. The van der Waals surface area contributed by atoms with Gasteiger partial charge in [0.25, 0.3) is 5.91 Å². The summed E-state index contributed by atoms with van der Waals surface area (Å²) < 4.78 is 24.4. The van der Waals surface area contributed by atoms with Crippen LogP contribution >= 0.6 is 11.3 Å². The fourth-order valence-electron chi connectivity index (χ4n) is 4.05. The Morgan fingerprint density at radius 3 is 2.73 bits per heavy atom. The molecule has 2 aromatic heterocycles. The zero-order valence-electron chi connectivity index (χ0n) is 18.7. The SMILES string of the molecule is CC(C)CN(CC(=O)N1CCc2sccc2[C@H]1COc1ccc(F)cc1)C(=O)c1ccco1. The lowest BCUT2D eigenvalue weighted by Gasteiger charge is -2.37. The molecule has 8 heteroatoms. The van der Waals surface area contributed by atoms with Crippen LogP contribution in [-0.2, 0) is 11.2 Å². The van der Waals surface area contributed by atoms with Gasteiger partial charge in [0.1, 0.15) is 24.7 Å². The lowest BCUT2D eigenvalue weighted by atomic mass is 10.00. The molecule has 0 saturated heterocycles. The summed E-state index contributed by atoms with van der Waals surface area (Å²) in [5.41, 5.74) is 1.06. The summed E-state index contributed by atoms with van der Waals surface area (Å²) >= 11 is 1.67. The van der Waals surface area contributed by atoms with Crippen LogP contribution in [0.25, 0.3) is 0 Å². The summed E-state index contributed by atoms with van der Waals surface area (Å²) in [6.07, 6.45) is 2.22. The molecule has 0 spiro atoms. The van der Waals surface area contributed by atoms with Crippen molar-refractivity contribution in [1.29, 1.82) is 0 Å². The second-order valence-electron chi connectivity index (χ2n) is 8.47. The Balaban J connectivity index is 1.52. The van der Waals surface area contributed by atoms with Crippen LogP contribution in [0.4, 0.5) is 4.39 Å². The van der Waals surface area contributed by atoms with Gasteiger partial charge in [-0.2, -0.15) is 0 Å². The number of carbonyl (C=O) groups excluding carboxylic acids is 2. The Labute approximate surface area is 196 Å². The third kappa shape index (κ3) is 5.45. The fourth-order valence-corrected chi connectivity index (χ4v) is 4.98. The number of furan rings is 1. The quantitative estimate of drug-likeness (QED) is 0.475. The highest BCUT2D eigenvalue weighted by Crippen LogP contribution is 2.34. The summed E-state index contributed by atoms with van der Waals surface area (Å²) in [6.45, 7) is 5.21. The van der Waals surface area contributed by atoms with E-state index >= 15 is 0 Å². The average Bonchev–Trinajstić information content (AvgIpc) is 3.49. The zero-order chi connectivity index (χ0) is 23.4. The maximum absolute atomic E-state index is 13.5. The molecule has 0 unspecified atom stereocenters. The minimum atomic E-state index is -0.330. The number of nitrogens with zero attached hydrogens (tertiary/aromatic N) is 2. The van der Waals surface area contributed by atoms with Crippen molar-refractivity contribution in [2.45, 2.75) is 26.3 Å². The molecule has 2 amide bonds. The van der Waals surface area contributed by atoms with Crippen LogP contribution in [0.5, 0.6) is 5.75 Å². The molecule has 0 saturated carbocycles. The number of halogens is 1. The van der Waals surface area contributed by atoms with Crippen molar-refractivity contribution < 1.29 is 23.1 Å². The van der Waals surface area contributed by atoms with Gasteiger partial charge < -0.3 is 19.0 Å². The van der Waals surface area contributed by atoms with Gasteiger partial charge in [0.15, 0.2) is 5.76 Å². The van der Waals surface area contributed by atoms with Gasteiger partial charge in [-0.1, -0.05) is 13.8 Å². The molecule has 4 rings (SSSR count). The van der Waals surface area contributed by atoms with E-state index in [1.807, 2.05) is 25.3 Å². The van der Waals surface area contributed by atoms with E-state index < -0.39 is 0 Å². The Hall–Kier alpha value is -3.13. The summed E-state index contributed by atoms with van der Waals surface area (Å²) in [7, 11) is 0. The molecular formula is C25H27FN2O4S. The van der Waals surface area contributed by atoms with Crippen LogP contribution in [0.15, 0.2) is 58.5 Å². The van der Waals surface area contributed by atoms with Crippen LogP contribution in [-0.4, -0.2) is 47.9 Å².